The van der Waals surface area contributed by atoms with Gasteiger partial charge in [-0.05, 0) is 18.4 Å². The van der Waals surface area contributed by atoms with Crippen LogP contribution >= 0.6 is 0 Å². The lowest BCUT2D eigenvalue weighted by Gasteiger charge is -2.05. The topological polar surface area (TPSA) is 68.4 Å². The molecule has 1 aromatic carbocycles. The molecule has 5 nitrogen and oxygen atoms in total. The predicted octanol–water partition coefficient (Wildman–Crippen LogP) is 1.87. The highest BCUT2D eigenvalue weighted by atomic mass is 16.5. The maximum Gasteiger partial charge on any atom is 0.260 e. The number of nitrogens with zero attached hydrogens (tertiary/aromatic N) is 2. The van der Waals surface area contributed by atoms with E-state index in [1.165, 1.54) is 0 Å². The monoisotopic (exact) mass is 260 g/mol. The van der Waals surface area contributed by atoms with E-state index < -0.39 is 6.10 Å². The first-order valence-corrected chi connectivity index (χ1v) is 6.50. The largest absolute Gasteiger partial charge is 0.378 e. The number of hydrogen-bond acceptors (Lipinski definition) is 5. The van der Waals surface area contributed by atoms with Gasteiger partial charge in [0.25, 0.3) is 5.89 Å². The summed E-state index contributed by atoms with van der Waals surface area (Å²) in [4.78, 5) is 4.24. The summed E-state index contributed by atoms with van der Waals surface area (Å²) in [5, 5.41) is 14.0. The zero-order valence-electron chi connectivity index (χ0n) is 10.5. The Labute approximate surface area is 111 Å². The summed E-state index contributed by atoms with van der Waals surface area (Å²) in [6.45, 7) is 0.808. The standard InChI is InChI=1S/C14H16N2O3/c17-13(10-5-2-1-3-6-10)14-15-12(16-19-14)9-11-7-4-8-18-11/h1-3,5-6,11,13,17H,4,7-9H2. The van der Waals surface area contributed by atoms with Crippen LogP contribution in [0.1, 0.15) is 36.2 Å². The minimum atomic E-state index is -0.869. The van der Waals surface area contributed by atoms with E-state index in [1.807, 2.05) is 30.3 Å². The van der Waals surface area contributed by atoms with Crippen LogP contribution in [-0.2, 0) is 11.2 Å². The maximum atomic E-state index is 10.1. The third-order valence-corrected chi connectivity index (χ3v) is 3.27. The third-order valence-electron chi connectivity index (χ3n) is 3.27. The van der Waals surface area contributed by atoms with E-state index in [1.54, 1.807) is 0 Å². The maximum absolute atomic E-state index is 10.1. The Hall–Kier alpha value is -1.72. The van der Waals surface area contributed by atoms with Crippen molar-refractivity contribution in [1.82, 2.24) is 10.1 Å². The number of rotatable bonds is 4. The van der Waals surface area contributed by atoms with E-state index in [9.17, 15) is 5.11 Å². The number of benzene rings is 1. The molecule has 0 amide bonds. The first-order chi connectivity index (χ1) is 9.33. The second kappa shape index (κ2) is 5.50. The lowest BCUT2D eigenvalue weighted by atomic mass is 10.1. The summed E-state index contributed by atoms with van der Waals surface area (Å²) in [5.74, 6) is 0.830. The second-order valence-electron chi connectivity index (χ2n) is 4.70. The van der Waals surface area contributed by atoms with Gasteiger partial charge in [-0.25, -0.2) is 0 Å². The van der Waals surface area contributed by atoms with Crippen molar-refractivity contribution in [3.63, 3.8) is 0 Å². The molecule has 0 saturated carbocycles. The first-order valence-electron chi connectivity index (χ1n) is 6.50. The molecule has 2 unspecified atom stereocenters. The molecule has 0 aliphatic carbocycles. The van der Waals surface area contributed by atoms with Crippen LogP contribution in [0.3, 0.4) is 0 Å². The van der Waals surface area contributed by atoms with Gasteiger partial charge in [0, 0.05) is 13.0 Å². The average molecular weight is 260 g/mol. The zero-order valence-corrected chi connectivity index (χ0v) is 10.5. The fourth-order valence-electron chi connectivity index (χ4n) is 2.25. The van der Waals surface area contributed by atoms with Crippen LogP contribution in [0.2, 0.25) is 0 Å². The number of aliphatic hydroxyl groups is 1. The molecule has 3 rings (SSSR count). The molecule has 2 aromatic rings. The highest BCUT2D eigenvalue weighted by Crippen LogP contribution is 2.21. The van der Waals surface area contributed by atoms with Crippen molar-refractivity contribution < 1.29 is 14.4 Å². The van der Waals surface area contributed by atoms with Crippen molar-refractivity contribution in [1.29, 1.82) is 0 Å². The second-order valence-corrected chi connectivity index (χ2v) is 4.70. The molecule has 1 aromatic heterocycles. The fraction of sp³-hybridized carbons (Fsp3) is 0.429. The van der Waals surface area contributed by atoms with Gasteiger partial charge < -0.3 is 14.4 Å². The molecule has 1 N–H and O–H groups in total. The Morgan fingerprint density at radius 2 is 2.16 bits per heavy atom. The van der Waals surface area contributed by atoms with Crippen molar-refractivity contribution in [2.45, 2.75) is 31.5 Å². The third kappa shape index (κ3) is 2.83. The van der Waals surface area contributed by atoms with E-state index in [0.717, 1.165) is 25.0 Å². The molecule has 1 aliphatic heterocycles. The fourth-order valence-corrected chi connectivity index (χ4v) is 2.25. The summed E-state index contributed by atoms with van der Waals surface area (Å²) in [7, 11) is 0. The molecule has 2 atom stereocenters. The Morgan fingerprint density at radius 1 is 1.32 bits per heavy atom. The van der Waals surface area contributed by atoms with Crippen LogP contribution in [0, 0.1) is 0 Å². The average Bonchev–Trinajstić information content (AvgIpc) is 3.11. The van der Waals surface area contributed by atoms with Crippen molar-refractivity contribution in [3.05, 3.63) is 47.6 Å². The minimum Gasteiger partial charge on any atom is -0.378 e. The SMILES string of the molecule is OC(c1ccccc1)c1nc(CC2CCCO2)no1. The Morgan fingerprint density at radius 3 is 2.89 bits per heavy atom. The quantitative estimate of drug-likeness (QED) is 0.909. The normalized spacial score (nSPS) is 20.6. The molecule has 100 valence electrons. The summed E-state index contributed by atoms with van der Waals surface area (Å²) in [6, 6.07) is 9.28. The van der Waals surface area contributed by atoms with Crippen LogP contribution < -0.4 is 0 Å². The van der Waals surface area contributed by atoms with E-state index in [4.69, 9.17) is 9.26 Å². The molecular formula is C14H16N2O3. The lowest BCUT2D eigenvalue weighted by molar-refractivity contribution is 0.109. The molecule has 1 fully saturated rings. The molecule has 2 heterocycles. The van der Waals surface area contributed by atoms with E-state index in [-0.39, 0.29) is 12.0 Å². The van der Waals surface area contributed by atoms with Crippen LogP contribution in [0.25, 0.3) is 0 Å². The number of ether oxygens (including phenoxy) is 1. The molecule has 5 heteroatoms. The van der Waals surface area contributed by atoms with E-state index in [0.29, 0.717) is 12.2 Å². The molecule has 0 bridgehead atoms. The van der Waals surface area contributed by atoms with Crippen LogP contribution in [0.5, 0.6) is 0 Å². The highest BCUT2D eigenvalue weighted by Gasteiger charge is 2.22. The predicted molar refractivity (Wildman–Crippen MR) is 67.5 cm³/mol. The van der Waals surface area contributed by atoms with E-state index in [2.05, 4.69) is 10.1 Å². The van der Waals surface area contributed by atoms with Gasteiger partial charge in [-0.2, -0.15) is 4.98 Å². The molecule has 1 saturated heterocycles. The van der Waals surface area contributed by atoms with Gasteiger partial charge in [-0.1, -0.05) is 35.5 Å². The lowest BCUT2D eigenvalue weighted by Crippen LogP contribution is -2.10. The van der Waals surface area contributed by atoms with Gasteiger partial charge in [0.05, 0.1) is 6.10 Å². The van der Waals surface area contributed by atoms with Crippen LogP contribution in [0.15, 0.2) is 34.9 Å². The van der Waals surface area contributed by atoms with Gasteiger partial charge in [-0.3, -0.25) is 0 Å². The van der Waals surface area contributed by atoms with E-state index >= 15 is 0 Å². The van der Waals surface area contributed by atoms with Crippen LogP contribution in [-0.4, -0.2) is 28.0 Å². The van der Waals surface area contributed by atoms with Crippen molar-refractivity contribution in [2.75, 3.05) is 6.61 Å². The summed E-state index contributed by atoms with van der Waals surface area (Å²) >= 11 is 0. The van der Waals surface area contributed by atoms with Crippen molar-refractivity contribution in [3.8, 4) is 0 Å². The van der Waals surface area contributed by atoms with Gasteiger partial charge in [0.2, 0.25) is 0 Å². The smallest absolute Gasteiger partial charge is 0.260 e. The summed E-state index contributed by atoms with van der Waals surface area (Å²) < 4.78 is 10.7. The van der Waals surface area contributed by atoms with Crippen LogP contribution in [0.4, 0.5) is 0 Å². The summed E-state index contributed by atoms with van der Waals surface area (Å²) in [6.07, 6.45) is 2.07. The summed E-state index contributed by atoms with van der Waals surface area (Å²) in [5.41, 5.74) is 0.745. The van der Waals surface area contributed by atoms with Gasteiger partial charge in [-0.15, -0.1) is 0 Å². The van der Waals surface area contributed by atoms with Gasteiger partial charge in [0.1, 0.15) is 0 Å². The minimum absolute atomic E-state index is 0.180. The molecule has 1 aliphatic rings. The molecule has 0 radical (unpaired) electrons. The zero-order chi connectivity index (χ0) is 13.1. The highest BCUT2D eigenvalue weighted by molar-refractivity contribution is 5.21. The van der Waals surface area contributed by atoms with Crippen molar-refractivity contribution in [2.24, 2.45) is 0 Å². The number of aliphatic hydroxyl groups excluding tert-OH is 1. The Kier molecular flexibility index (Phi) is 3.57. The van der Waals surface area contributed by atoms with Gasteiger partial charge >= 0.3 is 0 Å². The molecular weight excluding hydrogens is 244 g/mol. The van der Waals surface area contributed by atoms with Gasteiger partial charge in [0.15, 0.2) is 11.9 Å². The first kappa shape index (κ1) is 12.3. The number of aromatic nitrogens is 2. The molecule has 0 spiro atoms. The Bertz CT molecular complexity index is 520. The Balaban J connectivity index is 1.70. The molecule has 19 heavy (non-hydrogen) atoms. The number of hydrogen-bond donors (Lipinski definition) is 1. The van der Waals surface area contributed by atoms with Crippen molar-refractivity contribution >= 4 is 0 Å².